The van der Waals surface area contributed by atoms with E-state index >= 15 is 0 Å². The van der Waals surface area contributed by atoms with Crippen LogP contribution in [0.1, 0.15) is 35.6 Å². The summed E-state index contributed by atoms with van der Waals surface area (Å²) in [5, 5.41) is 4.40. The van der Waals surface area contributed by atoms with E-state index in [1.165, 1.54) is 0 Å². The van der Waals surface area contributed by atoms with E-state index in [1.54, 1.807) is 10.7 Å². The minimum atomic E-state index is -0.309. The molecule has 2 aromatic heterocycles. The SMILES string of the molecule is Cc1cc2ncc(C(=O)N3CCOCC3(C)C)c(C)n2n1. The lowest BCUT2D eigenvalue weighted by Gasteiger charge is -2.42. The van der Waals surface area contributed by atoms with Crippen LogP contribution in [0.5, 0.6) is 0 Å². The highest BCUT2D eigenvalue weighted by Crippen LogP contribution is 2.23. The van der Waals surface area contributed by atoms with Gasteiger partial charge in [0.15, 0.2) is 5.65 Å². The normalized spacial score (nSPS) is 18.2. The van der Waals surface area contributed by atoms with Gasteiger partial charge in [-0.1, -0.05) is 0 Å². The van der Waals surface area contributed by atoms with Gasteiger partial charge in [0.05, 0.1) is 35.7 Å². The van der Waals surface area contributed by atoms with Gasteiger partial charge in [-0.2, -0.15) is 5.10 Å². The average molecular weight is 288 g/mol. The highest BCUT2D eigenvalue weighted by Gasteiger charge is 2.35. The van der Waals surface area contributed by atoms with Crippen LogP contribution in [0, 0.1) is 13.8 Å². The number of nitrogens with zero attached hydrogens (tertiary/aromatic N) is 4. The van der Waals surface area contributed by atoms with Crippen molar-refractivity contribution in [3.8, 4) is 0 Å². The highest BCUT2D eigenvalue weighted by atomic mass is 16.5. The number of fused-ring (bicyclic) bond motifs is 1. The van der Waals surface area contributed by atoms with Crippen LogP contribution in [0.2, 0.25) is 0 Å². The molecule has 0 aliphatic carbocycles. The lowest BCUT2D eigenvalue weighted by Crippen LogP contribution is -2.55. The Morgan fingerprint density at radius 2 is 2.14 bits per heavy atom. The van der Waals surface area contributed by atoms with Gasteiger partial charge in [0, 0.05) is 18.8 Å². The second-order valence-electron chi connectivity index (χ2n) is 6.13. The zero-order valence-electron chi connectivity index (χ0n) is 12.9. The predicted octanol–water partition coefficient (Wildman–Crippen LogP) is 1.60. The maximum Gasteiger partial charge on any atom is 0.257 e. The van der Waals surface area contributed by atoms with Crippen LogP contribution in [0.25, 0.3) is 5.65 Å². The zero-order valence-corrected chi connectivity index (χ0v) is 12.9. The van der Waals surface area contributed by atoms with Gasteiger partial charge in [-0.3, -0.25) is 4.79 Å². The number of aromatic nitrogens is 3. The molecule has 112 valence electrons. The van der Waals surface area contributed by atoms with Crippen molar-refractivity contribution < 1.29 is 9.53 Å². The van der Waals surface area contributed by atoms with Crippen LogP contribution in [0.4, 0.5) is 0 Å². The molecule has 0 bridgehead atoms. The van der Waals surface area contributed by atoms with Crippen LogP contribution >= 0.6 is 0 Å². The Hall–Kier alpha value is -1.95. The van der Waals surface area contributed by atoms with Crippen molar-refractivity contribution in [3.63, 3.8) is 0 Å². The summed E-state index contributed by atoms with van der Waals surface area (Å²) >= 11 is 0. The van der Waals surface area contributed by atoms with Crippen molar-refractivity contribution in [1.29, 1.82) is 0 Å². The van der Waals surface area contributed by atoms with Crippen molar-refractivity contribution in [2.75, 3.05) is 19.8 Å². The molecule has 3 rings (SSSR count). The molecule has 1 fully saturated rings. The number of ether oxygens (including phenoxy) is 1. The van der Waals surface area contributed by atoms with Crippen LogP contribution in [-0.2, 0) is 4.74 Å². The number of morpholine rings is 1. The number of amides is 1. The van der Waals surface area contributed by atoms with E-state index in [-0.39, 0.29) is 11.4 Å². The fourth-order valence-electron chi connectivity index (χ4n) is 2.75. The first-order valence-electron chi connectivity index (χ1n) is 7.12. The first-order chi connectivity index (χ1) is 9.90. The standard InChI is InChI=1S/C15H20N4O2/c1-10-7-13-16-8-12(11(2)19(13)17-10)14(20)18-5-6-21-9-15(18,3)4/h7-8H,5-6,9H2,1-4H3. The molecule has 0 saturated carbocycles. The molecule has 1 aliphatic heterocycles. The van der Waals surface area contributed by atoms with Gasteiger partial charge in [0.25, 0.3) is 5.91 Å². The molecule has 0 unspecified atom stereocenters. The molecule has 0 aromatic carbocycles. The monoisotopic (exact) mass is 288 g/mol. The summed E-state index contributed by atoms with van der Waals surface area (Å²) in [7, 11) is 0. The third-order valence-corrected chi connectivity index (χ3v) is 3.97. The van der Waals surface area contributed by atoms with Gasteiger partial charge in [-0.05, 0) is 27.7 Å². The summed E-state index contributed by atoms with van der Waals surface area (Å²) in [6.07, 6.45) is 1.65. The lowest BCUT2D eigenvalue weighted by molar-refractivity contribution is -0.0371. The molecule has 2 aromatic rings. The molecule has 0 spiro atoms. The Kier molecular flexibility index (Phi) is 3.20. The molecule has 1 amide bonds. The van der Waals surface area contributed by atoms with Crippen molar-refractivity contribution in [3.05, 3.63) is 29.2 Å². The lowest BCUT2D eigenvalue weighted by atomic mass is 10.0. The Labute approximate surface area is 123 Å². The van der Waals surface area contributed by atoms with Gasteiger partial charge in [0.2, 0.25) is 0 Å². The van der Waals surface area contributed by atoms with E-state index in [9.17, 15) is 4.79 Å². The van der Waals surface area contributed by atoms with Gasteiger partial charge in [-0.25, -0.2) is 9.50 Å². The summed E-state index contributed by atoms with van der Waals surface area (Å²) in [5.74, 6) is -0.0108. The Bertz CT molecular complexity index is 705. The number of hydrogen-bond donors (Lipinski definition) is 0. The smallest absolute Gasteiger partial charge is 0.257 e. The molecule has 0 atom stereocenters. The molecular weight excluding hydrogens is 268 g/mol. The number of aryl methyl sites for hydroxylation is 2. The summed E-state index contributed by atoms with van der Waals surface area (Å²) in [4.78, 5) is 19.1. The second-order valence-corrected chi connectivity index (χ2v) is 6.13. The number of carbonyl (C=O) groups is 1. The maximum atomic E-state index is 12.9. The first kappa shape index (κ1) is 14.0. The van der Waals surface area contributed by atoms with Crippen molar-refractivity contribution >= 4 is 11.6 Å². The minimum absolute atomic E-state index is 0.0108. The van der Waals surface area contributed by atoms with E-state index in [0.29, 0.717) is 25.3 Å². The summed E-state index contributed by atoms with van der Waals surface area (Å²) in [6.45, 7) is 9.58. The van der Waals surface area contributed by atoms with E-state index in [2.05, 4.69) is 10.1 Å². The molecule has 6 heteroatoms. The molecule has 0 radical (unpaired) electrons. The van der Waals surface area contributed by atoms with E-state index in [1.807, 2.05) is 38.7 Å². The Balaban J connectivity index is 2.03. The number of rotatable bonds is 1. The Morgan fingerprint density at radius 1 is 1.38 bits per heavy atom. The third kappa shape index (κ3) is 2.29. The van der Waals surface area contributed by atoms with Crippen molar-refractivity contribution in [2.24, 2.45) is 0 Å². The minimum Gasteiger partial charge on any atom is -0.377 e. The van der Waals surface area contributed by atoms with Crippen molar-refractivity contribution in [2.45, 2.75) is 33.2 Å². The van der Waals surface area contributed by atoms with Gasteiger partial charge in [-0.15, -0.1) is 0 Å². The van der Waals surface area contributed by atoms with Crippen LogP contribution < -0.4 is 0 Å². The van der Waals surface area contributed by atoms with E-state index in [4.69, 9.17) is 4.74 Å². The molecule has 21 heavy (non-hydrogen) atoms. The van der Waals surface area contributed by atoms with Gasteiger partial charge >= 0.3 is 0 Å². The quantitative estimate of drug-likeness (QED) is 0.799. The largest absolute Gasteiger partial charge is 0.377 e. The van der Waals surface area contributed by atoms with Crippen LogP contribution in [0.15, 0.2) is 12.3 Å². The number of hydrogen-bond acceptors (Lipinski definition) is 4. The van der Waals surface area contributed by atoms with Crippen LogP contribution in [-0.4, -0.2) is 50.7 Å². The predicted molar refractivity (Wildman–Crippen MR) is 78.4 cm³/mol. The number of carbonyl (C=O) groups excluding carboxylic acids is 1. The van der Waals surface area contributed by atoms with E-state index < -0.39 is 0 Å². The highest BCUT2D eigenvalue weighted by molar-refractivity contribution is 5.95. The average Bonchev–Trinajstić information content (AvgIpc) is 2.79. The van der Waals surface area contributed by atoms with E-state index in [0.717, 1.165) is 17.0 Å². The molecule has 1 saturated heterocycles. The molecular formula is C15H20N4O2. The first-order valence-corrected chi connectivity index (χ1v) is 7.12. The summed E-state index contributed by atoms with van der Waals surface area (Å²) in [6, 6.07) is 1.90. The van der Waals surface area contributed by atoms with Crippen LogP contribution in [0.3, 0.4) is 0 Å². The summed E-state index contributed by atoms with van der Waals surface area (Å²) in [5.41, 5.74) is 2.77. The zero-order chi connectivity index (χ0) is 15.2. The summed E-state index contributed by atoms with van der Waals surface area (Å²) < 4.78 is 7.21. The molecule has 1 aliphatic rings. The fourth-order valence-corrected chi connectivity index (χ4v) is 2.75. The van der Waals surface area contributed by atoms with Gasteiger partial charge < -0.3 is 9.64 Å². The molecule has 0 N–H and O–H groups in total. The van der Waals surface area contributed by atoms with Crippen molar-refractivity contribution in [1.82, 2.24) is 19.5 Å². The Morgan fingerprint density at radius 3 is 2.86 bits per heavy atom. The molecule has 6 nitrogen and oxygen atoms in total. The maximum absolute atomic E-state index is 12.9. The third-order valence-electron chi connectivity index (χ3n) is 3.97. The molecule has 3 heterocycles. The van der Waals surface area contributed by atoms with Gasteiger partial charge in [0.1, 0.15) is 0 Å². The topological polar surface area (TPSA) is 59.7 Å². The fraction of sp³-hybridized carbons (Fsp3) is 0.533. The second kappa shape index (κ2) is 4.80.